The van der Waals surface area contributed by atoms with Crippen LogP contribution in [0.3, 0.4) is 0 Å². The Morgan fingerprint density at radius 3 is 2.31 bits per heavy atom. The zero-order valence-corrected chi connectivity index (χ0v) is 14.5. The van der Waals surface area contributed by atoms with Crippen molar-refractivity contribution in [2.75, 3.05) is 19.5 Å². The molecule has 140 valence electrons. The fraction of sp³-hybridized carbons (Fsp3) is 0.278. The molecule has 2 N–H and O–H groups in total. The molecule has 1 atom stereocenters. The minimum atomic E-state index is -4.56. The van der Waals surface area contributed by atoms with Crippen LogP contribution in [-0.2, 0) is 6.18 Å². The third-order valence-corrected chi connectivity index (χ3v) is 3.74. The summed E-state index contributed by atoms with van der Waals surface area (Å²) < 4.78 is 49.3. The number of halogens is 3. The molecule has 0 fully saturated rings. The molecule has 0 spiro atoms. The summed E-state index contributed by atoms with van der Waals surface area (Å²) in [6, 6.07) is 8.68. The first-order valence-electron chi connectivity index (χ1n) is 7.72. The summed E-state index contributed by atoms with van der Waals surface area (Å²) in [5, 5.41) is 4.84. The lowest BCUT2D eigenvalue weighted by Gasteiger charge is -2.18. The molecule has 5 nitrogen and oxygen atoms in total. The third kappa shape index (κ3) is 4.59. The van der Waals surface area contributed by atoms with Gasteiger partial charge in [0.05, 0.1) is 31.5 Å². The number of anilines is 1. The lowest BCUT2D eigenvalue weighted by molar-refractivity contribution is -0.136. The van der Waals surface area contributed by atoms with Crippen LogP contribution in [0, 0.1) is 0 Å². The average molecular weight is 368 g/mol. The number of carbonyl (C=O) groups excluding carboxylic acids is 1. The van der Waals surface area contributed by atoms with E-state index in [2.05, 4.69) is 10.6 Å². The SMILES string of the molecule is COc1ccc(C(C)NC(=O)Nc2ccccc2C(F)(F)F)cc1OC. The summed E-state index contributed by atoms with van der Waals surface area (Å²) in [5.74, 6) is 1.02. The van der Waals surface area contributed by atoms with Gasteiger partial charge >= 0.3 is 12.2 Å². The monoisotopic (exact) mass is 368 g/mol. The first kappa shape index (κ1) is 19.4. The van der Waals surface area contributed by atoms with Crippen molar-refractivity contribution in [1.82, 2.24) is 5.32 Å². The van der Waals surface area contributed by atoms with Crippen molar-refractivity contribution in [3.8, 4) is 11.5 Å². The third-order valence-electron chi connectivity index (χ3n) is 3.74. The largest absolute Gasteiger partial charge is 0.493 e. The number of rotatable bonds is 5. The highest BCUT2D eigenvalue weighted by Crippen LogP contribution is 2.34. The van der Waals surface area contributed by atoms with Gasteiger partial charge in [-0.25, -0.2) is 4.79 Å². The van der Waals surface area contributed by atoms with Gasteiger partial charge in [0.15, 0.2) is 11.5 Å². The molecule has 0 radical (unpaired) electrons. The Labute approximate surface area is 149 Å². The maximum Gasteiger partial charge on any atom is 0.418 e. The van der Waals surface area contributed by atoms with Gasteiger partial charge in [0.2, 0.25) is 0 Å². The van der Waals surface area contributed by atoms with Crippen LogP contribution in [0.2, 0.25) is 0 Å². The molecule has 0 aliphatic carbocycles. The Morgan fingerprint density at radius 2 is 1.69 bits per heavy atom. The lowest BCUT2D eigenvalue weighted by Crippen LogP contribution is -2.31. The molecule has 0 saturated carbocycles. The quantitative estimate of drug-likeness (QED) is 0.811. The second-order valence-corrected chi connectivity index (χ2v) is 5.48. The highest BCUT2D eigenvalue weighted by Gasteiger charge is 2.33. The first-order valence-corrected chi connectivity index (χ1v) is 7.72. The summed E-state index contributed by atoms with van der Waals surface area (Å²) in [4.78, 5) is 12.1. The van der Waals surface area contributed by atoms with E-state index in [9.17, 15) is 18.0 Å². The zero-order valence-electron chi connectivity index (χ0n) is 14.5. The van der Waals surface area contributed by atoms with Crippen LogP contribution < -0.4 is 20.1 Å². The van der Waals surface area contributed by atoms with Crippen LogP contribution in [0.15, 0.2) is 42.5 Å². The van der Waals surface area contributed by atoms with Gasteiger partial charge in [-0.2, -0.15) is 13.2 Å². The first-order chi connectivity index (χ1) is 12.3. The van der Waals surface area contributed by atoms with E-state index in [1.807, 2.05) is 0 Å². The van der Waals surface area contributed by atoms with E-state index < -0.39 is 23.8 Å². The molecule has 26 heavy (non-hydrogen) atoms. The smallest absolute Gasteiger partial charge is 0.418 e. The maximum atomic E-state index is 13.0. The fourth-order valence-electron chi connectivity index (χ4n) is 2.40. The van der Waals surface area contributed by atoms with Gasteiger partial charge in [0, 0.05) is 0 Å². The number of urea groups is 1. The standard InChI is InChI=1S/C18H19F3N2O3/c1-11(12-8-9-15(25-2)16(10-12)26-3)22-17(24)23-14-7-5-4-6-13(14)18(19,20)21/h4-11H,1-3H3,(H2,22,23,24). The molecule has 2 rings (SSSR count). The van der Waals surface area contributed by atoms with Crippen LogP contribution in [0.5, 0.6) is 11.5 Å². The predicted molar refractivity (Wildman–Crippen MR) is 91.6 cm³/mol. The van der Waals surface area contributed by atoms with Gasteiger partial charge in [0.25, 0.3) is 0 Å². The second-order valence-electron chi connectivity index (χ2n) is 5.48. The van der Waals surface area contributed by atoms with E-state index >= 15 is 0 Å². The van der Waals surface area contributed by atoms with Crippen molar-refractivity contribution < 1.29 is 27.4 Å². The molecule has 0 saturated heterocycles. The zero-order chi connectivity index (χ0) is 19.3. The number of hydrogen-bond acceptors (Lipinski definition) is 3. The molecule has 2 aromatic rings. The Kier molecular flexibility index (Phi) is 5.97. The molecule has 0 aromatic heterocycles. The van der Waals surface area contributed by atoms with Crippen molar-refractivity contribution >= 4 is 11.7 Å². The van der Waals surface area contributed by atoms with Gasteiger partial charge in [-0.1, -0.05) is 18.2 Å². The lowest BCUT2D eigenvalue weighted by atomic mass is 10.1. The van der Waals surface area contributed by atoms with Crippen LogP contribution >= 0.6 is 0 Å². The topological polar surface area (TPSA) is 59.6 Å². The fourth-order valence-corrected chi connectivity index (χ4v) is 2.40. The minimum absolute atomic E-state index is 0.308. The molecule has 0 aliphatic heterocycles. The Bertz CT molecular complexity index is 779. The summed E-state index contributed by atoms with van der Waals surface area (Å²) in [6.45, 7) is 1.70. The number of ether oxygens (including phenoxy) is 2. The maximum absolute atomic E-state index is 13.0. The van der Waals surface area contributed by atoms with Gasteiger partial charge in [-0.15, -0.1) is 0 Å². The summed E-state index contributed by atoms with van der Waals surface area (Å²) in [6.07, 6.45) is -4.56. The molecule has 0 aliphatic rings. The highest BCUT2D eigenvalue weighted by atomic mass is 19.4. The number of nitrogens with one attached hydrogen (secondary N) is 2. The summed E-state index contributed by atoms with van der Waals surface area (Å²) in [5.41, 5.74) is -0.507. The van der Waals surface area contributed by atoms with Gasteiger partial charge < -0.3 is 20.1 Å². The normalized spacial score (nSPS) is 12.2. The van der Waals surface area contributed by atoms with Gasteiger partial charge in [-0.05, 0) is 36.8 Å². The number of para-hydroxylation sites is 1. The van der Waals surface area contributed by atoms with Gasteiger partial charge in [-0.3, -0.25) is 0 Å². The van der Waals surface area contributed by atoms with Crippen LogP contribution in [-0.4, -0.2) is 20.3 Å². The van der Waals surface area contributed by atoms with Crippen molar-refractivity contribution in [3.63, 3.8) is 0 Å². The second kappa shape index (κ2) is 7.99. The molecular formula is C18H19F3N2O3. The van der Waals surface area contributed by atoms with Gasteiger partial charge in [0.1, 0.15) is 0 Å². The van der Waals surface area contributed by atoms with E-state index in [-0.39, 0.29) is 5.69 Å². The molecule has 2 aromatic carbocycles. The van der Waals surface area contributed by atoms with Crippen LogP contribution in [0.1, 0.15) is 24.1 Å². The molecule has 0 heterocycles. The molecule has 8 heteroatoms. The van der Waals surface area contributed by atoms with E-state index in [4.69, 9.17) is 9.47 Å². The Hall–Kier alpha value is -2.90. The van der Waals surface area contributed by atoms with Crippen LogP contribution in [0.25, 0.3) is 0 Å². The Balaban J connectivity index is 2.11. The minimum Gasteiger partial charge on any atom is -0.493 e. The number of carbonyl (C=O) groups is 1. The molecular weight excluding hydrogens is 349 g/mol. The number of alkyl halides is 3. The molecule has 0 bridgehead atoms. The van der Waals surface area contributed by atoms with Crippen molar-refractivity contribution in [2.45, 2.75) is 19.1 Å². The number of benzene rings is 2. The molecule has 1 unspecified atom stereocenters. The number of amides is 2. The Morgan fingerprint density at radius 1 is 1.04 bits per heavy atom. The van der Waals surface area contributed by atoms with E-state index in [0.29, 0.717) is 17.1 Å². The number of hydrogen-bond donors (Lipinski definition) is 2. The van der Waals surface area contributed by atoms with E-state index in [0.717, 1.165) is 6.07 Å². The van der Waals surface area contributed by atoms with E-state index in [1.165, 1.54) is 32.4 Å². The summed E-state index contributed by atoms with van der Waals surface area (Å²) >= 11 is 0. The predicted octanol–water partition coefficient (Wildman–Crippen LogP) is 4.61. The summed E-state index contributed by atoms with van der Waals surface area (Å²) in [7, 11) is 2.99. The average Bonchev–Trinajstić information content (AvgIpc) is 2.60. The van der Waals surface area contributed by atoms with Crippen LogP contribution in [0.4, 0.5) is 23.7 Å². The van der Waals surface area contributed by atoms with Crippen molar-refractivity contribution in [3.05, 3.63) is 53.6 Å². The molecule has 2 amide bonds. The van der Waals surface area contributed by atoms with Crippen molar-refractivity contribution in [1.29, 1.82) is 0 Å². The number of methoxy groups -OCH3 is 2. The van der Waals surface area contributed by atoms with E-state index in [1.54, 1.807) is 25.1 Å². The highest BCUT2D eigenvalue weighted by molar-refractivity contribution is 5.90. The van der Waals surface area contributed by atoms with Crippen molar-refractivity contribution in [2.24, 2.45) is 0 Å².